The first-order valence-electron chi connectivity index (χ1n) is 15.3. The van der Waals surface area contributed by atoms with Crippen molar-refractivity contribution in [3.63, 3.8) is 0 Å². The summed E-state index contributed by atoms with van der Waals surface area (Å²) in [6.07, 6.45) is 7.29. The van der Waals surface area contributed by atoms with Gasteiger partial charge in [0.2, 0.25) is 0 Å². The van der Waals surface area contributed by atoms with Crippen molar-refractivity contribution in [3.05, 3.63) is 47.5 Å². The molecule has 0 saturated carbocycles. The van der Waals surface area contributed by atoms with Crippen molar-refractivity contribution in [3.8, 4) is 11.5 Å². The van der Waals surface area contributed by atoms with Crippen LogP contribution in [-0.2, 0) is 27.3 Å². The number of hydrogen-bond acceptors (Lipinski definition) is 4. The Balaban J connectivity index is 0.00000138. The number of hydrogen-bond donors (Lipinski definition) is 3. The molecule has 41 heavy (non-hydrogen) atoms. The van der Waals surface area contributed by atoms with Gasteiger partial charge >= 0.3 is 0 Å². The molecule has 0 bridgehead atoms. The zero-order chi connectivity index (χ0) is 30.9. The zero-order valence-corrected chi connectivity index (χ0v) is 30.0. The summed E-state index contributed by atoms with van der Waals surface area (Å²) < 4.78 is 0. The van der Waals surface area contributed by atoms with E-state index in [9.17, 15) is 10.2 Å². The Bertz CT molecular complexity index is 971. The molecule has 2 rings (SSSR count). The molecule has 0 aliphatic carbocycles. The normalized spacial score (nSPS) is 13.2. The number of aromatic hydroxyl groups is 2. The molecule has 0 amide bonds. The van der Waals surface area contributed by atoms with Crippen molar-refractivity contribution in [2.75, 3.05) is 6.54 Å². The number of rotatable bonds is 11. The van der Waals surface area contributed by atoms with Crippen molar-refractivity contribution in [2.45, 2.75) is 142 Å². The molecule has 0 aliphatic rings. The van der Waals surface area contributed by atoms with E-state index in [-0.39, 0.29) is 49.7 Å². The number of benzene rings is 2. The van der Waals surface area contributed by atoms with Gasteiger partial charge in [-0.3, -0.25) is 0 Å². The topological polar surface area (TPSA) is 66.5 Å². The summed E-state index contributed by atoms with van der Waals surface area (Å²) in [5.74, 6) is 1.28. The van der Waals surface area contributed by atoms with Gasteiger partial charge in [-0.25, -0.2) is 0 Å². The molecule has 0 aliphatic heterocycles. The maximum Gasteiger partial charge on any atom is 0.129 e. The molecule has 0 radical (unpaired) electrons. The molecule has 0 heterocycles. The Hall–Kier alpha value is -1.16. The molecule has 238 valence electrons. The maximum atomic E-state index is 10.6. The van der Waals surface area contributed by atoms with E-state index in [1.54, 1.807) is 12.1 Å². The third-order valence-electron chi connectivity index (χ3n) is 7.52. The van der Waals surface area contributed by atoms with Gasteiger partial charge < -0.3 is 15.9 Å². The third kappa shape index (κ3) is 14.2. The minimum absolute atomic E-state index is 0. The van der Waals surface area contributed by atoms with Crippen LogP contribution in [0, 0.1) is 16.7 Å². The molecule has 3 nitrogen and oxygen atoms in total. The average molecular weight is 631 g/mol. The van der Waals surface area contributed by atoms with Crippen LogP contribution >= 0.6 is 11.8 Å². The summed E-state index contributed by atoms with van der Waals surface area (Å²) in [5.41, 5.74) is 8.31. The fraction of sp³-hybridized carbons (Fsp3) is 0.667. The molecule has 2 aromatic carbocycles. The van der Waals surface area contributed by atoms with Crippen LogP contribution in [0.3, 0.4) is 0 Å². The minimum Gasteiger partial charge on any atom is -0.507 e. The van der Waals surface area contributed by atoms with Gasteiger partial charge in [-0.1, -0.05) is 126 Å². The minimum atomic E-state index is -0.0140. The Morgan fingerprint density at radius 3 is 1.39 bits per heavy atom. The first-order chi connectivity index (χ1) is 18.2. The quantitative estimate of drug-likeness (QED) is 0.216. The molecule has 1 atom stereocenters. The molecule has 0 spiro atoms. The van der Waals surface area contributed by atoms with E-state index < -0.39 is 0 Å². The fourth-order valence-electron chi connectivity index (χ4n) is 5.99. The maximum absolute atomic E-state index is 10.6. The van der Waals surface area contributed by atoms with E-state index in [0.29, 0.717) is 0 Å². The molecule has 1 unspecified atom stereocenters. The number of phenols is 2. The van der Waals surface area contributed by atoms with Crippen molar-refractivity contribution in [2.24, 2.45) is 22.5 Å². The molecule has 4 N–H and O–H groups in total. The van der Waals surface area contributed by atoms with E-state index in [1.807, 2.05) is 12.1 Å². The largest absolute Gasteiger partial charge is 0.507 e. The SMILES string of the molecule is CC(C)(C)CC(C)(C)c1ccc(O)c(Sc2cc(C(C)(C)CC(C)(C)C)ccc2O)c1.CCCCC(CC)CN.[Ni]. The summed E-state index contributed by atoms with van der Waals surface area (Å²) in [7, 11) is 0. The summed E-state index contributed by atoms with van der Waals surface area (Å²) >= 11 is 1.44. The third-order valence-corrected chi connectivity index (χ3v) is 8.62. The summed E-state index contributed by atoms with van der Waals surface area (Å²) in [4.78, 5) is 1.56. The van der Waals surface area contributed by atoms with Gasteiger partial charge in [0.05, 0.1) is 9.79 Å². The molecule has 0 aromatic heterocycles. The van der Waals surface area contributed by atoms with Gasteiger partial charge in [0.1, 0.15) is 11.5 Å². The predicted octanol–water partition coefficient (Wildman–Crippen LogP) is 10.8. The van der Waals surface area contributed by atoms with Crippen LogP contribution in [0.4, 0.5) is 0 Å². The van der Waals surface area contributed by atoms with Crippen molar-refractivity contribution in [1.29, 1.82) is 0 Å². The molecule has 0 fully saturated rings. The van der Waals surface area contributed by atoms with Gasteiger partial charge in [-0.05, 0) is 88.8 Å². The zero-order valence-electron chi connectivity index (χ0n) is 28.2. The summed E-state index contributed by atoms with van der Waals surface area (Å²) in [5, 5.41) is 21.1. The van der Waals surface area contributed by atoms with E-state index in [1.165, 1.54) is 48.6 Å². The van der Waals surface area contributed by atoms with Crippen LogP contribution in [0.2, 0.25) is 0 Å². The van der Waals surface area contributed by atoms with Gasteiger partial charge in [0.25, 0.3) is 0 Å². The van der Waals surface area contributed by atoms with Crippen LogP contribution in [0.5, 0.6) is 11.5 Å². The number of phenolic OH excluding ortho intramolecular Hbond substituents is 2. The van der Waals surface area contributed by atoms with Crippen LogP contribution in [0.25, 0.3) is 0 Å². The van der Waals surface area contributed by atoms with Gasteiger partial charge in [0.15, 0.2) is 0 Å². The Labute approximate surface area is 267 Å². The Morgan fingerprint density at radius 1 is 0.707 bits per heavy atom. The monoisotopic (exact) mass is 629 g/mol. The van der Waals surface area contributed by atoms with E-state index >= 15 is 0 Å². The molecular formula is C36H61NNiO2S. The Kier molecular flexibility index (Phi) is 16.2. The average Bonchev–Trinajstić information content (AvgIpc) is 2.79. The standard InChI is InChI=1S/C28H42O2S.C8H19N.Ni/c1-25(2,3)17-27(7,8)19-11-13-21(29)23(15-19)31-24-16-20(12-14-22(24)30)28(9,10)18-26(4,5)6;1-3-5-6-8(4-2)7-9;/h11-16,29-30H,17-18H2,1-10H3;8H,3-7,9H2,1-2H3;. The summed E-state index contributed by atoms with van der Waals surface area (Å²) in [6, 6.07) is 11.8. The van der Waals surface area contributed by atoms with Gasteiger partial charge in [0, 0.05) is 16.5 Å². The first kappa shape index (κ1) is 39.8. The van der Waals surface area contributed by atoms with E-state index in [0.717, 1.165) is 35.1 Å². The van der Waals surface area contributed by atoms with Crippen molar-refractivity contribution < 1.29 is 26.7 Å². The van der Waals surface area contributed by atoms with E-state index in [2.05, 4.69) is 95.2 Å². The molecule has 0 saturated heterocycles. The van der Waals surface area contributed by atoms with Gasteiger partial charge in [-0.2, -0.15) is 0 Å². The Morgan fingerprint density at radius 2 is 1.10 bits per heavy atom. The van der Waals surface area contributed by atoms with Crippen molar-refractivity contribution >= 4 is 11.8 Å². The van der Waals surface area contributed by atoms with Gasteiger partial charge in [-0.15, -0.1) is 0 Å². The second-order valence-electron chi connectivity index (χ2n) is 15.4. The van der Waals surface area contributed by atoms with Crippen molar-refractivity contribution in [1.82, 2.24) is 0 Å². The predicted molar refractivity (Wildman–Crippen MR) is 177 cm³/mol. The van der Waals surface area contributed by atoms with Crippen LogP contribution < -0.4 is 5.73 Å². The molecular weight excluding hydrogens is 569 g/mol. The first-order valence-corrected chi connectivity index (χ1v) is 16.1. The van der Waals surface area contributed by atoms with E-state index in [4.69, 9.17) is 5.73 Å². The second-order valence-corrected chi connectivity index (χ2v) is 16.4. The van der Waals surface area contributed by atoms with Crippen LogP contribution in [0.15, 0.2) is 46.2 Å². The second kappa shape index (κ2) is 16.6. The van der Waals surface area contributed by atoms with Crippen LogP contribution in [-0.4, -0.2) is 16.8 Å². The summed E-state index contributed by atoms with van der Waals surface area (Å²) in [6.45, 7) is 27.9. The number of unbranched alkanes of at least 4 members (excludes halogenated alkanes) is 1. The molecule has 5 heteroatoms. The molecule has 2 aromatic rings. The fourth-order valence-corrected chi connectivity index (χ4v) is 6.94. The van der Waals surface area contributed by atoms with Crippen LogP contribution in [0.1, 0.15) is 133 Å². The smallest absolute Gasteiger partial charge is 0.129 e. The number of nitrogens with two attached hydrogens (primary N) is 1.